The SMILES string of the molecule is NC(=O)C1=CC=CC=CC=CC=CC=Cc2cccc3c2C(=CC3)C=CC=CC=C1. The zero-order valence-corrected chi connectivity index (χ0v) is 16.8. The largest absolute Gasteiger partial charge is 0.366 e. The summed E-state index contributed by atoms with van der Waals surface area (Å²) in [5.74, 6) is -0.458. The van der Waals surface area contributed by atoms with E-state index in [4.69, 9.17) is 5.73 Å². The van der Waals surface area contributed by atoms with Gasteiger partial charge in [0, 0.05) is 5.57 Å². The average molecular weight is 392 g/mol. The van der Waals surface area contributed by atoms with E-state index in [2.05, 4.69) is 42.5 Å². The van der Waals surface area contributed by atoms with Gasteiger partial charge in [-0.1, -0.05) is 115 Å². The molecule has 2 N–H and O–H groups in total. The number of hydrogen-bond donors (Lipinski definition) is 1. The number of carbonyl (C=O) groups is 1. The molecule has 0 atom stereocenters. The van der Waals surface area contributed by atoms with Gasteiger partial charge in [-0.05, 0) is 40.8 Å². The summed E-state index contributed by atoms with van der Waals surface area (Å²) in [6.45, 7) is 0. The molecule has 1 aromatic rings. The first-order valence-electron chi connectivity index (χ1n) is 9.94. The number of rotatable bonds is 1. The molecule has 0 bridgehead atoms. The van der Waals surface area contributed by atoms with Gasteiger partial charge in [-0.3, -0.25) is 4.79 Å². The van der Waals surface area contributed by atoms with Crippen LogP contribution in [0.2, 0.25) is 0 Å². The molecule has 148 valence electrons. The highest BCUT2D eigenvalue weighted by atomic mass is 16.1. The van der Waals surface area contributed by atoms with Crippen LogP contribution in [-0.4, -0.2) is 5.91 Å². The smallest absolute Gasteiger partial charge is 0.248 e. The van der Waals surface area contributed by atoms with Crippen LogP contribution in [0.3, 0.4) is 0 Å². The number of hydrogen-bond acceptors (Lipinski definition) is 1. The molecule has 0 saturated heterocycles. The number of allylic oxidation sites excluding steroid dienone is 17. The molecule has 1 aromatic carbocycles. The van der Waals surface area contributed by atoms with E-state index in [-0.39, 0.29) is 0 Å². The summed E-state index contributed by atoms with van der Waals surface area (Å²) in [7, 11) is 0. The van der Waals surface area contributed by atoms with Crippen molar-refractivity contribution < 1.29 is 4.79 Å². The van der Waals surface area contributed by atoms with Crippen molar-refractivity contribution in [2.75, 3.05) is 0 Å². The highest BCUT2D eigenvalue weighted by molar-refractivity contribution is 5.95. The third kappa shape index (κ3) is 6.05. The Morgan fingerprint density at radius 3 is 2.00 bits per heavy atom. The van der Waals surface area contributed by atoms with Crippen molar-refractivity contribution in [2.45, 2.75) is 6.42 Å². The lowest BCUT2D eigenvalue weighted by Gasteiger charge is -2.06. The molecular formula is C28H25NO. The number of primary amides is 1. The van der Waals surface area contributed by atoms with Crippen LogP contribution in [0.4, 0.5) is 0 Å². The molecule has 0 fully saturated rings. The maximum atomic E-state index is 11.6. The molecule has 1 amide bonds. The van der Waals surface area contributed by atoms with Crippen LogP contribution in [-0.2, 0) is 11.2 Å². The third-order valence-corrected chi connectivity index (χ3v) is 4.62. The first kappa shape index (κ1) is 20.8. The van der Waals surface area contributed by atoms with Gasteiger partial charge in [-0.2, -0.15) is 0 Å². The Hall–Kier alpha value is -3.91. The number of amides is 1. The molecule has 0 aliphatic heterocycles. The van der Waals surface area contributed by atoms with Crippen molar-refractivity contribution in [3.63, 3.8) is 0 Å². The van der Waals surface area contributed by atoms with Crippen LogP contribution >= 0.6 is 0 Å². The fourth-order valence-corrected chi connectivity index (χ4v) is 3.19. The Kier molecular flexibility index (Phi) is 7.76. The second kappa shape index (κ2) is 11.2. The summed E-state index contributed by atoms with van der Waals surface area (Å²) in [6.07, 6.45) is 36.0. The number of nitrogens with two attached hydrogens (primary N) is 1. The maximum Gasteiger partial charge on any atom is 0.248 e. The van der Waals surface area contributed by atoms with Gasteiger partial charge in [0.2, 0.25) is 5.91 Å². The topological polar surface area (TPSA) is 43.1 Å². The van der Waals surface area contributed by atoms with Crippen LogP contribution < -0.4 is 5.73 Å². The number of benzene rings is 1. The highest BCUT2D eigenvalue weighted by Gasteiger charge is 2.14. The quantitative estimate of drug-likeness (QED) is 0.631. The second-order valence-electron chi connectivity index (χ2n) is 6.73. The van der Waals surface area contributed by atoms with Gasteiger partial charge in [-0.15, -0.1) is 0 Å². The average Bonchev–Trinajstić information content (AvgIpc) is 3.16. The lowest BCUT2D eigenvalue weighted by molar-refractivity contribution is -0.114. The minimum absolute atomic E-state index is 0.445. The lowest BCUT2D eigenvalue weighted by Crippen LogP contribution is -2.12. The minimum atomic E-state index is -0.458. The minimum Gasteiger partial charge on any atom is -0.366 e. The highest BCUT2D eigenvalue weighted by Crippen LogP contribution is 2.32. The molecule has 0 spiro atoms. The summed E-state index contributed by atoms with van der Waals surface area (Å²) in [5.41, 5.74) is 11.0. The van der Waals surface area contributed by atoms with Crippen molar-refractivity contribution in [3.8, 4) is 0 Å². The number of carbonyl (C=O) groups excluding carboxylic acids is 1. The Balaban J connectivity index is 1.90. The molecule has 2 heteroatoms. The predicted molar refractivity (Wildman–Crippen MR) is 128 cm³/mol. The van der Waals surface area contributed by atoms with Crippen LogP contribution in [0.25, 0.3) is 11.6 Å². The Labute approximate surface area is 178 Å². The van der Waals surface area contributed by atoms with Gasteiger partial charge in [0.25, 0.3) is 0 Å². The van der Waals surface area contributed by atoms with Crippen LogP contribution in [0.1, 0.15) is 16.7 Å². The zero-order chi connectivity index (χ0) is 21.0. The van der Waals surface area contributed by atoms with E-state index in [1.165, 1.54) is 22.3 Å². The van der Waals surface area contributed by atoms with E-state index in [0.717, 1.165) is 6.42 Å². The van der Waals surface area contributed by atoms with Crippen molar-refractivity contribution >= 4 is 17.6 Å². The van der Waals surface area contributed by atoms with E-state index in [1.54, 1.807) is 18.2 Å². The zero-order valence-electron chi connectivity index (χ0n) is 16.8. The molecule has 3 rings (SSSR count). The molecule has 2 nitrogen and oxygen atoms in total. The van der Waals surface area contributed by atoms with Gasteiger partial charge in [0.1, 0.15) is 0 Å². The van der Waals surface area contributed by atoms with E-state index < -0.39 is 5.91 Å². The van der Waals surface area contributed by atoms with Gasteiger partial charge in [0.05, 0.1) is 0 Å². The summed E-state index contributed by atoms with van der Waals surface area (Å²) in [4.78, 5) is 11.6. The first-order valence-corrected chi connectivity index (χ1v) is 9.94. The molecule has 2 aliphatic rings. The fourth-order valence-electron chi connectivity index (χ4n) is 3.19. The Morgan fingerprint density at radius 2 is 1.30 bits per heavy atom. The van der Waals surface area contributed by atoms with E-state index in [1.807, 2.05) is 66.8 Å². The summed E-state index contributed by atoms with van der Waals surface area (Å²) >= 11 is 0. The molecule has 0 saturated carbocycles. The van der Waals surface area contributed by atoms with Crippen molar-refractivity contribution in [2.24, 2.45) is 5.73 Å². The van der Waals surface area contributed by atoms with E-state index in [0.29, 0.717) is 5.57 Å². The predicted octanol–water partition coefficient (Wildman–Crippen LogP) is 5.96. The van der Waals surface area contributed by atoms with Crippen molar-refractivity contribution in [3.05, 3.63) is 144 Å². The molecule has 0 heterocycles. The van der Waals surface area contributed by atoms with Crippen LogP contribution in [0.15, 0.2) is 127 Å². The standard InChI is InChI=1S/C28H25NO/c29-28(30)26-17-12-7-5-3-1-2-4-6-10-15-23-19-14-20-25-22-21-24(27(23)25)16-11-8-9-13-18-26/h1-21H,22H2,(H2,29,30). The Bertz CT molecular complexity index is 1080. The molecule has 0 radical (unpaired) electrons. The first-order chi connectivity index (χ1) is 14.8. The second-order valence-corrected chi connectivity index (χ2v) is 6.73. The lowest BCUT2D eigenvalue weighted by atomic mass is 9.98. The third-order valence-electron chi connectivity index (χ3n) is 4.62. The molecular weight excluding hydrogens is 366 g/mol. The monoisotopic (exact) mass is 391 g/mol. The fraction of sp³-hybridized carbons (Fsp3) is 0.0357. The van der Waals surface area contributed by atoms with Crippen LogP contribution in [0, 0.1) is 0 Å². The molecule has 0 unspecified atom stereocenters. The summed E-state index contributed by atoms with van der Waals surface area (Å²) in [5, 5.41) is 0. The van der Waals surface area contributed by atoms with Gasteiger partial charge in [0.15, 0.2) is 0 Å². The molecule has 2 aliphatic carbocycles. The molecule has 0 aromatic heterocycles. The van der Waals surface area contributed by atoms with Gasteiger partial charge in [-0.25, -0.2) is 0 Å². The van der Waals surface area contributed by atoms with Crippen molar-refractivity contribution in [1.82, 2.24) is 0 Å². The van der Waals surface area contributed by atoms with Crippen molar-refractivity contribution in [1.29, 1.82) is 0 Å². The normalized spacial score (nSPS) is 16.1. The van der Waals surface area contributed by atoms with Crippen LogP contribution in [0.5, 0.6) is 0 Å². The van der Waals surface area contributed by atoms with E-state index >= 15 is 0 Å². The summed E-state index contributed by atoms with van der Waals surface area (Å²) in [6, 6.07) is 6.43. The van der Waals surface area contributed by atoms with Gasteiger partial charge >= 0.3 is 0 Å². The summed E-state index contributed by atoms with van der Waals surface area (Å²) < 4.78 is 0. The maximum absolute atomic E-state index is 11.6. The van der Waals surface area contributed by atoms with Gasteiger partial charge < -0.3 is 5.73 Å². The van der Waals surface area contributed by atoms with E-state index in [9.17, 15) is 4.79 Å². The Morgan fingerprint density at radius 1 is 0.700 bits per heavy atom. The molecule has 30 heavy (non-hydrogen) atoms.